The van der Waals surface area contributed by atoms with E-state index in [1.807, 2.05) is 30.3 Å². The molecule has 0 aliphatic carbocycles. The van der Waals surface area contributed by atoms with Crippen molar-refractivity contribution < 1.29 is 18.9 Å². The van der Waals surface area contributed by atoms with Crippen molar-refractivity contribution >= 4 is 23.2 Å². The Morgan fingerprint density at radius 1 is 0.900 bits per heavy atom. The van der Waals surface area contributed by atoms with E-state index in [1.54, 1.807) is 0 Å². The molecule has 9 heteroatoms. The lowest BCUT2D eigenvalue weighted by molar-refractivity contribution is -0.384. The van der Waals surface area contributed by atoms with Crippen LogP contribution in [0.5, 0.6) is 0 Å². The maximum atomic E-state index is 13.6. The van der Waals surface area contributed by atoms with Crippen LogP contribution in [0.15, 0.2) is 72.8 Å². The van der Waals surface area contributed by atoms with Crippen molar-refractivity contribution in [3.05, 3.63) is 105 Å². The minimum atomic E-state index is -0.850. The van der Waals surface area contributed by atoms with E-state index < -0.39 is 22.6 Å². The zero-order valence-electron chi connectivity index (χ0n) is 15.6. The molecule has 0 atom stereocenters. The van der Waals surface area contributed by atoms with E-state index in [9.17, 15) is 24.1 Å². The van der Waals surface area contributed by atoms with Crippen molar-refractivity contribution in [2.45, 2.75) is 6.54 Å². The van der Waals surface area contributed by atoms with Gasteiger partial charge in [0.1, 0.15) is 11.5 Å². The lowest BCUT2D eigenvalue weighted by atomic mass is 10.1. The first-order valence-electron chi connectivity index (χ1n) is 8.87. The van der Waals surface area contributed by atoms with Gasteiger partial charge >= 0.3 is 0 Å². The average molecular weight is 408 g/mol. The van der Waals surface area contributed by atoms with Crippen LogP contribution in [0.3, 0.4) is 0 Å². The number of nitrogens with one attached hydrogen (secondary N) is 3. The monoisotopic (exact) mass is 408 g/mol. The Morgan fingerprint density at radius 3 is 2.27 bits per heavy atom. The molecule has 0 radical (unpaired) electrons. The number of rotatable bonds is 6. The zero-order chi connectivity index (χ0) is 21.5. The smallest absolute Gasteiger partial charge is 0.293 e. The number of hydrogen-bond acceptors (Lipinski definition) is 5. The summed E-state index contributed by atoms with van der Waals surface area (Å²) in [6.45, 7) is 0.367. The number of halogens is 1. The van der Waals surface area contributed by atoms with Crippen LogP contribution in [0.2, 0.25) is 0 Å². The van der Waals surface area contributed by atoms with Crippen molar-refractivity contribution in [1.82, 2.24) is 10.9 Å². The van der Waals surface area contributed by atoms with Crippen LogP contribution in [0.1, 0.15) is 26.3 Å². The molecule has 2 amide bonds. The van der Waals surface area contributed by atoms with Gasteiger partial charge in [0.05, 0.1) is 10.5 Å². The molecular formula is C21H17FN4O4. The molecule has 0 fully saturated rings. The van der Waals surface area contributed by atoms with Gasteiger partial charge in [0.25, 0.3) is 17.5 Å². The highest BCUT2D eigenvalue weighted by molar-refractivity contribution is 5.99. The third-order valence-electron chi connectivity index (χ3n) is 4.19. The predicted molar refractivity (Wildman–Crippen MR) is 108 cm³/mol. The first-order valence-corrected chi connectivity index (χ1v) is 8.87. The molecule has 3 N–H and O–H groups in total. The molecule has 0 saturated carbocycles. The summed E-state index contributed by atoms with van der Waals surface area (Å²) in [6.07, 6.45) is 0. The van der Waals surface area contributed by atoms with Crippen LogP contribution < -0.4 is 16.2 Å². The number of nitro groups is 1. The third-order valence-corrected chi connectivity index (χ3v) is 4.19. The topological polar surface area (TPSA) is 113 Å². The fourth-order valence-corrected chi connectivity index (χ4v) is 2.66. The van der Waals surface area contributed by atoms with Gasteiger partial charge in [-0.15, -0.1) is 0 Å². The highest BCUT2D eigenvalue weighted by atomic mass is 19.1. The summed E-state index contributed by atoms with van der Waals surface area (Å²) in [4.78, 5) is 35.0. The summed E-state index contributed by atoms with van der Waals surface area (Å²) in [5, 5.41) is 14.4. The molecule has 0 unspecified atom stereocenters. The van der Waals surface area contributed by atoms with E-state index >= 15 is 0 Å². The number of anilines is 1. The number of nitro benzene ring substituents is 1. The Kier molecular flexibility index (Phi) is 6.33. The lowest BCUT2D eigenvalue weighted by Crippen LogP contribution is -2.41. The normalized spacial score (nSPS) is 10.2. The van der Waals surface area contributed by atoms with Crippen LogP contribution in [0.25, 0.3) is 0 Å². The van der Waals surface area contributed by atoms with Crippen molar-refractivity contribution in [3.63, 3.8) is 0 Å². The van der Waals surface area contributed by atoms with Gasteiger partial charge in [-0.25, -0.2) is 4.39 Å². The highest BCUT2D eigenvalue weighted by Crippen LogP contribution is 2.26. The minimum Gasteiger partial charge on any atom is -0.375 e. The Morgan fingerprint density at radius 2 is 1.57 bits per heavy atom. The molecule has 0 aliphatic rings. The molecular weight excluding hydrogens is 391 g/mol. The van der Waals surface area contributed by atoms with Crippen LogP contribution in [-0.4, -0.2) is 16.7 Å². The van der Waals surface area contributed by atoms with Crippen LogP contribution in [0, 0.1) is 15.9 Å². The number of benzene rings is 3. The summed E-state index contributed by atoms with van der Waals surface area (Å²) in [5.74, 6) is -2.37. The Bertz CT molecular complexity index is 1090. The summed E-state index contributed by atoms with van der Waals surface area (Å²) in [7, 11) is 0. The number of hydrogen-bond donors (Lipinski definition) is 3. The maximum Gasteiger partial charge on any atom is 0.293 e. The molecule has 152 valence electrons. The Hall–Kier alpha value is -4.27. The SMILES string of the molecule is O=C(NNC(=O)c1ccccc1F)c1ccc(NCc2ccccc2)c([N+](=O)[O-])c1. The number of carbonyl (C=O) groups is 2. The van der Waals surface area contributed by atoms with Gasteiger partial charge < -0.3 is 5.32 Å². The van der Waals surface area contributed by atoms with Crippen molar-refractivity contribution in [2.24, 2.45) is 0 Å². The first-order chi connectivity index (χ1) is 14.5. The second-order valence-corrected chi connectivity index (χ2v) is 6.22. The van der Waals surface area contributed by atoms with E-state index in [2.05, 4.69) is 16.2 Å². The van der Waals surface area contributed by atoms with Crippen LogP contribution in [0.4, 0.5) is 15.8 Å². The number of hydrazine groups is 1. The van der Waals surface area contributed by atoms with E-state index in [-0.39, 0.29) is 22.5 Å². The number of nitrogens with zero attached hydrogens (tertiary/aromatic N) is 1. The molecule has 0 spiro atoms. The van der Waals surface area contributed by atoms with Gasteiger partial charge in [0, 0.05) is 18.2 Å². The van der Waals surface area contributed by atoms with E-state index in [0.29, 0.717) is 6.54 Å². The van der Waals surface area contributed by atoms with E-state index in [0.717, 1.165) is 17.7 Å². The molecule has 0 aliphatic heterocycles. The van der Waals surface area contributed by atoms with Crippen molar-refractivity contribution in [1.29, 1.82) is 0 Å². The number of carbonyl (C=O) groups excluding carboxylic acids is 2. The second kappa shape index (κ2) is 9.28. The summed E-state index contributed by atoms with van der Waals surface area (Å²) in [6, 6.07) is 18.5. The standard InChI is InChI=1S/C21H17FN4O4/c22-17-9-5-4-8-16(17)21(28)25-24-20(27)15-10-11-18(19(12-15)26(29)30)23-13-14-6-2-1-3-7-14/h1-12,23H,13H2,(H,24,27)(H,25,28). The molecule has 3 aromatic carbocycles. The fraction of sp³-hybridized carbons (Fsp3) is 0.0476. The summed E-state index contributed by atoms with van der Waals surface area (Å²) >= 11 is 0. The van der Waals surface area contributed by atoms with Gasteiger partial charge in [-0.05, 0) is 29.8 Å². The predicted octanol–water partition coefficient (Wildman–Crippen LogP) is 3.42. The number of amides is 2. The van der Waals surface area contributed by atoms with E-state index in [4.69, 9.17) is 0 Å². The molecule has 0 saturated heterocycles. The molecule has 30 heavy (non-hydrogen) atoms. The second-order valence-electron chi connectivity index (χ2n) is 6.22. The average Bonchev–Trinajstić information content (AvgIpc) is 2.76. The summed E-state index contributed by atoms with van der Waals surface area (Å²) in [5.41, 5.74) is 4.80. The zero-order valence-corrected chi connectivity index (χ0v) is 15.6. The van der Waals surface area contributed by atoms with Gasteiger partial charge in [0.2, 0.25) is 0 Å². The quantitative estimate of drug-likeness (QED) is 0.427. The largest absolute Gasteiger partial charge is 0.375 e. The highest BCUT2D eigenvalue weighted by Gasteiger charge is 2.18. The van der Waals surface area contributed by atoms with Crippen molar-refractivity contribution in [3.8, 4) is 0 Å². The molecule has 3 aromatic rings. The first kappa shape index (κ1) is 20.5. The third kappa shape index (κ3) is 4.96. The van der Waals surface area contributed by atoms with Gasteiger partial charge in [-0.3, -0.25) is 30.6 Å². The van der Waals surface area contributed by atoms with Gasteiger partial charge in [0.15, 0.2) is 0 Å². The minimum absolute atomic E-state index is 0.0409. The van der Waals surface area contributed by atoms with Crippen LogP contribution >= 0.6 is 0 Å². The van der Waals surface area contributed by atoms with Crippen molar-refractivity contribution in [2.75, 3.05) is 5.32 Å². The lowest BCUT2D eigenvalue weighted by Gasteiger charge is -2.10. The van der Waals surface area contributed by atoms with Gasteiger partial charge in [-0.1, -0.05) is 42.5 Å². The Balaban J connectivity index is 1.68. The van der Waals surface area contributed by atoms with Crippen LogP contribution in [-0.2, 0) is 6.54 Å². The molecule has 0 bridgehead atoms. The summed E-state index contributed by atoms with van der Waals surface area (Å²) < 4.78 is 13.6. The van der Waals surface area contributed by atoms with E-state index in [1.165, 1.54) is 30.3 Å². The fourth-order valence-electron chi connectivity index (χ4n) is 2.66. The van der Waals surface area contributed by atoms with Gasteiger partial charge in [-0.2, -0.15) is 0 Å². The Labute approximate surface area is 170 Å². The molecule has 0 aromatic heterocycles. The molecule has 0 heterocycles. The molecule has 3 rings (SSSR count). The molecule has 8 nitrogen and oxygen atoms in total. The maximum absolute atomic E-state index is 13.6.